The van der Waals surface area contributed by atoms with Crippen LogP contribution in [0.4, 0.5) is 5.69 Å². The van der Waals surface area contributed by atoms with E-state index < -0.39 is 10.8 Å². The summed E-state index contributed by atoms with van der Waals surface area (Å²) in [7, 11) is 1.89. The molecule has 10 heteroatoms. The Kier molecular flexibility index (Phi) is 7.55. The number of nitro benzene ring substituents is 1. The number of rotatable bonds is 9. The van der Waals surface area contributed by atoms with Gasteiger partial charge in [0.15, 0.2) is 0 Å². The van der Waals surface area contributed by atoms with Crippen LogP contribution in [0.15, 0.2) is 59.3 Å². The number of aryl methyl sites for hydroxylation is 1. The Morgan fingerprint density at radius 2 is 1.94 bits per heavy atom. The summed E-state index contributed by atoms with van der Waals surface area (Å²) >= 11 is 6.16. The van der Waals surface area contributed by atoms with Gasteiger partial charge in [-0.15, -0.1) is 0 Å². The SMILES string of the molecule is CC(C)N(CC(=O)N(Cc1ccco1)Cc1cccn1C)C(=O)c1ccc([N+](=O)[O-])cc1Cl. The molecule has 33 heavy (non-hydrogen) atoms. The van der Waals surface area contributed by atoms with Crippen molar-refractivity contribution in [1.82, 2.24) is 14.4 Å². The van der Waals surface area contributed by atoms with Crippen molar-refractivity contribution in [2.45, 2.75) is 33.0 Å². The van der Waals surface area contributed by atoms with Crippen LogP contribution in [-0.4, -0.2) is 43.7 Å². The molecule has 2 amide bonds. The van der Waals surface area contributed by atoms with E-state index in [9.17, 15) is 19.7 Å². The molecule has 0 fully saturated rings. The molecule has 0 unspecified atom stereocenters. The average Bonchev–Trinajstić information content (AvgIpc) is 3.42. The molecule has 2 aromatic heterocycles. The Bertz CT molecular complexity index is 1140. The van der Waals surface area contributed by atoms with Crippen LogP contribution in [0, 0.1) is 10.1 Å². The van der Waals surface area contributed by atoms with Gasteiger partial charge in [0.1, 0.15) is 12.3 Å². The fraction of sp³-hybridized carbons (Fsp3) is 0.304. The van der Waals surface area contributed by atoms with E-state index in [1.807, 2.05) is 29.9 Å². The molecule has 0 aliphatic heterocycles. The molecule has 174 valence electrons. The van der Waals surface area contributed by atoms with Crippen LogP contribution in [0.3, 0.4) is 0 Å². The molecule has 0 N–H and O–H groups in total. The van der Waals surface area contributed by atoms with Crippen molar-refractivity contribution in [1.29, 1.82) is 0 Å². The summed E-state index contributed by atoms with van der Waals surface area (Å²) in [6, 6.07) is 10.7. The summed E-state index contributed by atoms with van der Waals surface area (Å²) in [6.07, 6.45) is 3.44. The molecule has 9 nitrogen and oxygen atoms in total. The first-order valence-electron chi connectivity index (χ1n) is 10.3. The van der Waals surface area contributed by atoms with Crippen LogP contribution in [0.25, 0.3) is 0 Å². The number of hydrogen-bond acceptors (Lipinski definition) is 5. The second-order valence-corrected chi connectivity index (χ2v) is 8.29. The Morgan fingerprint density at radius 1 is 1.18 bits per heavy atom. The van der Waals surface area contributed by atoms with Crippen molar-refractivity contribution in [3.05, 3.63) is 87.1 Å². The van der Waals surface area contributed by atoms with Gasteiger partial charge >= 0.3 is 0 Å². The van der Waals surface area contributed by atoms with Gasteiger partial charge in [0.2, 0.25) is 5.91 Å². The largest absolute Gasteiger partial charge is 0.467 e. The first-order valence-corrected chi connectivity index (χ1v) is 10.7. The molecule has 0 bridgehead atoms. The smallest absolute Gasteiger partial charge is 0.270 e. The lowest BCUT2D eigenvalue weighted by molar-refractivity contribution is -0.384. The van der Waals surface area contributed by atoms with Crippen LogP contribution >= 0.6 is 11.6 Å². The summed E-state index contributed by atoms with van der Waals surface area (Å²) in [6.45, 7) is 3.98. The highest BCUT2D eigenvalue weighted by molar-refractivity contribution is 6.34. The standard InChI is InChI=1S/C23H25ClN4O5/c1-16(2)27(23(30)20-9-8-17(28(31)32)12-21(20)24)15-22(29)26(14-19-7-5-11-33-19)13-18-6-4-10-25(18)3/h4-12,16H,13-15H2,1-3H3. The predicted molar refractivity (Wildman–Crippen MR) is 123 cm³/mol. The van der Waals surface area contributed by atoms with Crippen molar-refractivity contribution in [3.63, 3.8) is 0 Å². The van der Waals surface area contributed by atoms with Gasteiger partial charge in [0.05, 0.1) is 34.9 Å². The molecule has 0 radical (unpaired) electrons. The third-order valence-corrected chi connectivity index (χ3v) is 5.58. The zero-order valence-corrected chi connectivity index (χ0v) is 19.4. The minimum Gasteiger partial charge on any atom is -0.467 e. The molecule has 3 rings (SSSR count). The number of hydrogen-bond donors (Lipinski definition) is 0. The lowest BCUT2D eigenvalue weighted by Gasteiger charge is -2.30. The molecule has 0 saturated heterocycles. The summed E-state index contributed by atoms with van der Waals surface area (Å²) in [5, 5.41) is 10.9. The van der Waals surface area contributed by atoms with E-state index in [-0.39, 0.29) is 41.3 Å². The summed E-state index contributed by atoms with van der Waals surface area (Å²) in [5.74, 6) is -0.124. The van der Waals surface area contributed by atoms with Crippen LogP contribution in [0.5, 0.6) is 0 Å². The van der Waals surface area contributed by atoms with Gasteiger partial charge in [-0.25, -0.2) is 0 Å². The zero-order valence-electron chi connectivity index (χ0n) is 18.6. The number of benzene rings is 1. The number of aromatic nitrogens is 1. The molecule has 2 heterocycles. The molecular weight excluding hydrogens is 448 g/mol. The van der Waals surface area contributed by atoms with Crippen molar-refractivity contribution in [2.24, 2.45) is 7.05 Å². The first kappa shape index (κ1) is 24.1. The van der Waals surface area contributed by atoms with E-state index in [1.54, 1.807) is 37.1 Å². The number of amides is 2. The van der Waals surface area contributed by atoms with Gasteiger partial charge in [-0.05, 0) is 44.2 Å². The van der Waals surface area contributed by atoms with E-state index in [4.69, 9.17) is 16.0 Å². The van der Waals surface area contributed by atoms with Crippen molar-refractivity contribution in [2.75, 3.05) is 6.54 Å². The maximum atomic E-state index is 13.3. The Morgan fingerprint density at radius 3 is 2.48 bits per heavy atom. The van der Waals surface area contributed by atoms with Gasteiger partial charge < -0.3 is 18.8 Å². The topological polar surface area (TPSA) is 102 Å². The van der Waals surface area contributed by atoms with Gasteiger partial charge in [0, 0.05) is 37.1 Å². The number of carbonyl (C=O) groups is 2. The molecule has 3 aromatic rings. The second-order valence-electron chi connectivity index (χ2n) is 7.89. The Labute approximate surface area is 196 Å². The monoisotopic (exact) mass is 472 g/mol. The summed E-state index contributed by atoms with van der Waals surface area (Å²) in [4.78, 5) is 40.0. The molecule has 1 aromatic carbocycles. The van der Waals surface area contributed by atoms with E-state index in [2.05, 4.69) is 0 Å². The molecule has 0 atom stereocenters. The normalized spacial score (nSPS) is 10.9. The van der Waals surface area contributed by atoms with Crippen molar-refractivity contribution < 1.29 is 18.9 Å². The van der Waals surface area contributed by atoms with Crippen LogP contribution in [-0.2, 0) is 24.9 Å². The maximum Gasteiger partial charge on any atom is 0.270 e. The second kappa shape index (κ2) is 10.4. The third-order valence-electron chi connectivity index (χ3n) is 5.27. The minimum absolute atomic E-state index is 0.0384. The molecule has 0 saturated carbocycles. The fourth-order valence-electron chi connectivity index (χ4n) is 3.36. The fourth-order valence-corrected chi connectivity index (χ4v) is 3.62. The van der Waals surface area contributed by atoms with Crippen molar-refractivity contribution >= 4 is 29.1 Å². The molecule has 0 spiro atoms. The van der Waals surface area contributed by atoms with Gasteiger partial charge in [-0.1, -0.05) is 11.6 Å². The van der Waals surface area contributed by atoms with E-state index in [0.29, 0.717) is 12.3 Å². The number of furan rings is 1. The summed E-state index contributed by atoms with van der Waals surface area (Å²) < 4.78 is 7.35. The van der Waals surface area contributed by atoms with E-state index >= 15 is 0 Å². The molecule has 0 aliphatic carbocycles. The van der Waals surface area contributed by atoms with Gasteiger partial charge in [0.25, 0.3) is 11.6 Å². The Hall–Kier alpha value is -3.59. The lowest BCUT2D eigenvalue weighted by atomic mass is 10.1. The highest BCUT2D eigenvalue weighted by Gasteiger charge is 2.27. The number of nitrogens with zero attached hydrogens (tertiary/aromatic N) is 4. The van der Waals surface area contributed by atoms with Crippen LogP contribution < -0.4 is 0 Å². The van der Waals surface area contributed by atoms with Gasteiger partial charge in [-0.3, -0.25) is 19.7 Å². The van der Waals surface area contributed by atoms with Crippen molar-refractivity contribution in [3.8, 4) is 0 Å². The quantitative estimate of drug-likeness (QED) is 0.342. The van der Waals surface area contributed by atoms with Crippen LogP contribution in [0.2, 0.25) is 5.02 Å². The Balaban J connectivity index is 1.83. The summed E-state index contributed by atoms with van der Waals surface area (Å²) in [5.41, 5.74) is 0.815. The highest BCUT2D eigenvalue weighted by Crippen LogP contribution is 2.24. The zero-order chi connectivity index (χ0) is 24.1. The lowest BCUT2D eigenvalue weighted by Crippen LogP contribution is -2.45. The van der Waals surface area contributed by atoms with Gasteiger partial charge in [-0.2, -0.15) is 0 Å². The van der Waals surface area contributed by atoms with E-state index in [0.717, 1.165) is 11.8 Å². The minimum atomic E-state index is -0.583. The number of nitro groups is 1. The number of non-ortho nitro benzene ring substituents is 1. The average molecular weight is 473 g/mol. The highest BCUT2D eigenvalue weighted by atomic mass is 35.5. The molecule has 0 aliphatic rings. The predicted octanol–water partition coefficient (Wildman–Crippen LogP) is 4.26. The third kappa shape index (κ3) is 5.81. The van der Waals surface area contributed by atoms with E-state index in [1.165, 1.54) is 17.0 Å². The maximum absolute atomic E-state index is 13.3. The van der Waals surface area contributed by atoms with Crippen LogP contribution in [0.1, 0.15) is 35.7 Å². The number of carbonyl (C=O) groups excluding carboxylic acids is 2. The number of halogens is 1. The molecular formula is C23H25ClN4O5. The first-order chi connectivity index (χ1) is 15.7.